The van der Waals surface area contributed by atoms with Crippen molar-refractivity contribution in [2.45, 2.75) is 18.4 Å². The summed E-state index contributed by atoms with van der Waals surface area (Å²) in [5, 5.41) is 0. The van der Waals surface area contributed by atoms with Gasteiger partial charge in [-0.15, -0.1) is 0 Å². The molecular weight excluding hydrogens is 357 g/mol. The molecule has 21 heavy (non-hydrogen) atoms. The first-order chi connectivity index (χ1) is 9.82. The van der Waals surface area contributed by atoms with Crippen molar-refractivity contribution in [1.82, 2.24) is 4.31 Å². The highest BCUT2D eigenvalue weighted by Gasteiger charge is 2.24. The molecule has 0 amide bonds. The Morgan fingerprint density at radius 1 is 1.19 bits per heavy atom. The topological polar surface area (TPSA) is 37.4 Å². The third-order valence-electron chi connectivity index (χ3n) is 3.13. The summed E-state index contributed by atoms with van der Waals surface area (Å²) in [5.74, 6) is -0.414. The summed E-state index contributed by atoms with van der Waals surface area (Å²) >= 11 is 3.27. The maximum absolute atomic E-state index is 13.6. The predicted octanol–water partition coefficient (Wildman–Crippen LogP) is 3.72. The van der Waals surface area contributed by atoms with Crippen molar-refractivity contribution in [2.24, 2.45) is 0 Å². The van der Waals surface area contributed by atoms with Crippen molar-refractivity contribution >= 4 is 26.0 Å². The summed E-state index contributed by atoms with van der Waals surface area (Å²) in [6.45, 7) is 1.86. The van der Waals surface area contributed by atoms with Crippen LogP contribution in [0.5, 0.6) is 0 Å². The van der Waals surface area contributed by atoms with Crippen LogP contribution >= 0.6 is 15.9 Å². The number of benzene rings is 2. The van der Waals surface area contributed by atoms with Crippen LogP contribution in [0.1, 0.15) is 11.1 Å². The SMILES string of the molecule is Cc1ccc(S(=O)(=O)N(C)Cc2ccccc2F)c(Br)c1. The first-order valence-electron chi connectivity index (χ1n) is 6.28. The van der Waals surface area contributed by atoms with Crippen molar-refractivity contribution in [3.05, 3.63) is 63.9 Å². The normalized spacial score (nSPS) is 11.9. The second-order valence-electron chi connectivity index (χ2n) is 4.79. The number of hydrogen-bond acceptors (Lipinski definition) is 2. The molecule has 0 heterocycles. The Morgan fingerprint density at radius 3 is 2.48 bits per heavy atom. The molecule has 2 aromatic rings. The molecule has 112 valence electrons. The first kappa shape index (κ1) is 16.1. The van der Waals surface area contributed by atoms with Crippen LogP contribution in [0.4, 0.5) is 4.39 Å². The van der Waals surface area contributed by atoms with Crippen molar-refractivity contribution in [3.63, 3.8) is 0 Å². The smallest absolute Gasteiger partial charge is 0.207 e. The minimum absolute atomic E-state index is 0.0185. The zero-order valence-corrected chi connectivity index (χ0v) is 14.1. The van der Waals surface area contributed by atoms with Gasteiger partial charge in [-0.3, -0.25) is 0 Å². The van der Waals surface area contributed by atoms with Gasteiger partial charge >= 0.3 is 0 Å². The van der Waals surface area contributed by atoms with Crippen molar-refractivity contribution < 1.29 is 12.8 Å². The summed E-state index contributed by atoms with van der Waals surface area (Å²) in [4.78, 5) is 0.173. The molecule has 6 heteroatoms. The molecule has 0 unspecified atom stereocenters. The number of nitrogens with zero attached hydrogens (tertiary/aromatic N) is 1. The molecule has 0 radical (unpaired) electrons. The van der Waals surface area contributed by atoms with Gasteiger partial charge in [-0.1, -0.05) is 24.3 Å². The second kappa shape index (κ2) is 6.25. The molecular formula is C15H15BrFNO2S. The molecule has 0 spiro atoms. The van der Waals surface area contributed by atoms with E-state index in [1.54, 1.807) is 36.4 Å². The quantitative estimate of drug-likeness (QED) is 0.821. The minimum Gasteiger partial charge on any atom is -0.207 e. The third kappa shape index (κ3) is 3.51. The summed E-state index contributed by atoms with van der Waals surface area (Å²) in [6, 6.07) is 11.2. The number of aryl methyl sites for hydroxylation is 1. The van der Waals surface area contributed by atoms with Gasteiger partial charge in [0.25, 0.3) is 0 Å². The Balaban J connectivity index is 2.33. The van der Waals surface area contributed by atoms with Gasteiger partial charge in [0.1, 0.15) is 5.82 Å². The van der Waals surface area contributed by atoms with E-state index in [-0.39, 0.29) is 11.4 Å². The monoisotopic (exact) mass is 371 g/mol. The lowest BCUT2D eigenvalue weighted by Gasteiger charge is -2.18. The Labute approximate surface area is 132 Å². The van der Waals surface area contributed by atoms with Crippen LogP contribution in [-0.2, 0) is 16.6 Å². The first-order valence-corrected chi connectivity index (χ1v) is 8.51. The maximum Gasteiger partial charge on any atom is 0.244 e. The summed E-state index contributed by atoms with van der Waals surface area (Å²) in [5.41, 5.74) is 1.30. The Kier molecular flexibility index (Phi) is 4.81. The van der Waals surface area contributed by atoms with Gasteiger partial charge in [-0.05, 0) is 46.6 Å². The summed E-state index contributed by atoms with van der Waals surface area (Å²) in [6.07, 6.45) is 0. The van der Waals surface area contributed by atoms with E-state index < -0.39 is 15.8 Å². The Bertz CT molecular complexity index is 762. The highest BCUT2D eigenvalue weighted by molar-refractivity contribution is 9.10. The van der Waals surface area contributed by atoms with Crippen LogP contribution in [0.3, 0.4) is 0 Å². The number of hydrogen-bond donors (Lipinski definition) is 0. The van der Waals surface area contributed by atoms with E-state index in [1.807, 2.05) is 6.92 Å². The van der Waals surface area contributed by atoms with Gasteiger partial charge < -0.3 is 0 Å². The van der Waals surface area contributed by atoms with Gasteiger partial charge in [0.2, 0.25) is 10.0 Å². The van der Waals surface area contributed by atoms with Crippen LogP contribution in [0.15, 0.2) is 51.8 Å². The highest BCUT2D eigenvalue weighted by Crippen LogP contribution is 2.26. The fourth-order valence-corrected chi connectivity index (χ4v) is 4.23. The standard InChI is InChI=1S/C15H15BrFNO2S/c1-11-7-8-15(13(16)9-11)21(19,20)18(2)10-12-5-3-4-6-14(12)17/h3-9H,10H2,1-2H3. The Morgan fingerprint density at radius 2 is 1.86 bits per heavy atom. The van der Waals surface area contributed by atoms with Crippen LogP contribution in [0, 0.1) is 12.7 Å². The van der Waals surface area contributed by atoms with Gasteiger partial charge in [0.05, 0.1) is 4.90 Å². The molecule has 0 N–H and O–H groups in total. The molecule has 0 aliphatic heterocycles. The molecule has 0 saturated heterocycles. The predicted molar refractivity (Wildman–Crippen MR) is 83.9 cm³/mol. The molecule has 0 fully saturated rings. The van der Waals surface area contributed by atoms with E-state index in [1.165, 1.54) is 13.1 Å². The number of rotatable bonds is 4. The molecule has 0 saturated carbocycles. The van der Waals surface area contributed by atoms with E-state index in [9.17, 15) is 12.8 Å². The van der Waals surface area contributed by atoms with E-state index in [0.29, 0.717) is 10.0 Å². The highest BCUT2D eigenvalue weighted by atomic mass is 79.9. The zero-order chi connectivity index (χ0) is 15.6. The van der Waals surface area contributed by atoms with E-state index in [2.05, 4.69) is 15.9 Å². The summed E-state index contributed by atoms with van der Waals surface area (Å²) < 4.78 is 40.4. The molecule has 2 aromatic carbocycles. The largest absolute Gasteiger partial charge is 0.244 e. The van der Waals surface area contributed by atoms with Crippen molar-refractivity contribution in [2.75, 3.05) is 7.05 Å². The lowest BCUT2D eigenvalue weighted by molar-refractivity contribution is 0.456. The van der Waals surface area contributed by atoms with Crippen LogP contribution in [0.2, 0.25) is 0 Å². The lowest BCUT2D eigenvalue weighted by atomic mass is 10.2. The summed E-state index contributed by atoms with van der Waals surface area (Å²) in [7, 11) is -2.24. The molecule has 3 nitrogen and oxygen atoms in total. The third-order valence-corrected chi connectivity index (χ3v) is 5.91. The molecule has 0 aromatic heterocycles. The van der Waals surface area contributed by atoms with Gasteiger partial charge in [-0.25, -0.2) is 12.8 Å². The lowest BCUT2D eigenvalue weighted by Crippen LogP contribution is -2.27. The molecule has 0 aliphatic carbocycles. The average Bonchev–Trinajstić information content (AvgIpc) is 2.40. The fourth-order valence-electron chi connectivity index (χ4n) is 1.93. The van der Waals surface area contributed by atoms with Crippen molar-refractivity contribution in [1.29, 1.82) is 0 Å². The molecule has 0 aliphatic rings. The zero-order valence-electron chi connectivity index (χ0n) is 11.7. The molecule has 0 atom stereocenters. The molecule has 0 bridgehead atoms. The van der Waals surface area contributed by atoms with Gasteiger partial charge in [-0.2, -0.15) is 4.31 Å². The van der Waals surface area contributed by atoms with Crippen molar-refractivity contribution in [3.8, 4) is 0 Å². The van der Waals surface area contributed by atoms with Crippen LogP contribution in [0.25, 0.3) is 0 Å². The van der Waals surface area contributed by atoms with Crippen LogP contribution in [-0.4, -0.2) is 19.8 Å². The fraction of sp³-hybridized carbons (Fsp3) is 0.200. The minimum atomic E-state index is -3.68. The van der Waals surface area contributed by atoms with E-state index >= 15 is 0 Å². The van der Waals surface area contributed by atoms with E-state index in [4.69, 9.17) is 0 Å². The van der Waals surface area contributed by atoms with Crippen LogP contribution < -0.4 is 0 Å². The second-order valence-corrected chi connectivity index (χ2v) is 7.65. The number of sulfonamides is 1. The maximum atomic E-state index is 13.6. The van der Waals surface area contributed by atoms with E-state index in [0.717, 1.165) is 9.87 Å². The Hall–Kier alpha value is -1.24. The van der Waals surface area contributed by atoms with Gasteiger partial charge in [0, 0.05) is 23.6 Å². The van der Waals surface area contributed by atoms with Gasteiger partial charge in [0.15, 0.2) is 0 Å². The number of halogens is 2. The average molecular weight is 372 g/mol. The molecule has 2 rings (SSSR count).